The molecule has 2 aromatic carbocycles. The lowest BCUT2D eigenvalue weighted by Crippen LogP contribution is -2.20. The predicted octanol–water partition coefficient (Wildman–Crippen LogP) is 4.84. The van der Waals surface area contributed by atoms with Gasteiger partial charge in [-0.3, -0.25) is 4.79 Å². The number of aryl methyl sites for hydroxylation is 1. The van der Waals surface area contributed by atoms with Crippen molar-refractivity contribution in [2.45, 2.75) is 12.8 Å². The summed E-state index contributed by atoms with van der Waals surface area (Å²) in [5, 5.41) is 3.40. The Morgan fingerprint density at radius 1 is 1.06 bits per heavy atom. The highest BCUT2D eigenvalue weighted by Crippen LogP contribution is 2.29. The SMILES string of the molecule is Cn1ccc2c(Oc3ccc(NC(=O)Cc4ccccc4OC(F)(F)F)cc3)ncnc21. The lowest BCUT2D eigenvalue weighted by molar-refractivity contribution is -0.274. The van der Waals surface area contributed by atoms with Crippen LogP contribution < -0.4 is 14.8 Å². The van der Waals surface area contributed by atoms with Gasteiger partial charge in [-0.25, -0.2) is 9.97 Å². The lowest BCUT2D eigenvalue weighted by atomic mass is 10.1. The van der Waals surface area contributed by atoms with Crippen LogP contribution in [0.15, 0.2) is 67.1 Å². The number of aromatic nitrogens is 3. The third kappa shape index (κ3) is 4.97. The first kappa shape index (κ1) is 21.2. The number of hydrogen-bond donors (Lipinski definition) is 1. The van der Waals surface area contributed by atoms with E-state index in [9.17, 15) is 18.0 Å². The standard InChI is InChI=1S/C22H17F3N4O3/c1-29-11-10-17-20(29)26-13-27-21(17)31-16-8-6-15(7-9-16)28-19(30)12-14-4-2-3-5-18(14)32-22(23,24)25/h2-11,13H,12H2,1H3,(H,28,30). The van der Waals surface area contributed by atoms with Gasteiger partial charge in [-0.2, -0.15) is 0 Å². The number of alkyl halides is 3. The fourth-order valence-electron chi connectivity index (χ4n) is 3.11. The minimum Gasteiger partial charge on any atom is -0.438 e. The molecule has 0 spiro atoms. The van der Waals surface area contributed by atoms with E-state index in [4.69, 9.17) is 4.74 Å². The molecule has 1 N–H and O–H groups in total. The van der Waals surface area contributed by atoms with Gasteiger partial charge in [0.25, 0.3) is 0 Å². The van der Waals surface area contributed by atoms with E-state index in [1.54, 1.807) is 24.3 Å². The summed E-state index contributed by atoms with van der Waals surface area (Å²) >= 11 is 0. The Kier molecular flexibility index (Phi) is 5.67. The van der Waals surface area contributed by atoms with Crippen LogP contribution in [0.1, 0.15) is 5.56 Å². The maximum atomic E-state index is 12.5. The van der Waals surface area contributed by atoms with Crippen LogP contribution in [0.5, 0.6) is 17.4 Å². The van der Waals surface area contributed by atoms with E-state index in [0.717, 1.165) is 11.0 Å². The zero-order valence-electron chi connectivity index (χ0n) is 16.8. The smallest absolute Gasteiger partial charge is 0.438 e. The Hall–Kier alpha value is -4.08. The van der Waals surface area contributed by atoms with Gasteiger partial charge >= 0.3 is 6.36 Å². The average Bonchev–Trinajstić information content (AvgIpc) is 3.12. The van der Waals surface area contributed by atoms with Gasteiger partial charge < -0.3 is 19.4 Å². The molecule has 32 heavy (non-hydrogen) atoms. The van der Waals surface area contributed by atoms with Gasteiger partial charge in [-0.1, -0.05) is 18.2 Å². The van der Waals surface area contributed by atoms with Crippen LogP contribution >= 0.6 is 0 Å². The van der Waals surface area contributed by atoms with Crippen LogP contribution in [-0.4, -0.2) is 26.8 Å². The van der Waals surface area contributed by atoms with E-state index in [1.807, 2.05) is 23.9 Å². The molecule has 0 aliphatic carbocycles. The molecule has 0 radical (unpaired) electrons. The van der Waals surface area contributed by atoms with Crippen LogP contribution in [0.2, 0.25) is 0 Å². The van der Waals surface area contributed by atoms with Crippen molar-refractivity contribution in [3.8, 4) is 17.4 Å². The summed E-state index contributed by atoms with van der Waals surface area (Å²) in [6.45, 7) is 0. The number of benzene rings is 2. The summed E-state index contributed by atoms with van der Waals surface area (Å²) in [7, 11) is 1.87. The number of nitrogens with zero attached hydrogens (tertiary/aromatic N) is 3. The first-order valence-corrected chi connectivity index (χ1v) is 9.46. The van der Waals surface area contributed by atoms with E-state index in [1.165, 1.54) is 30.6 Å². The Labute approximate surface area is 180 Å². The van der Waals surface area contributed by atoms with Crippen LogP contribution in [-0.2, 0) is 18.3 Å². The van der Waals surface area contributed by atoms with Gasteiger partial charge in [0.1, 0.15) is 23.5 Å². The van der Waals surface area contributed by atoms with Crippen LogP contribution in [0.25, 0.3) is 11.0 Å². The predicted molar refractivity (Wildman–Crippen MR) is 110 cm³/mol. The fraction of sp³-hybridized carbons (Fsp3) is 0.136. The van der Waals surface area contributed by atoms with E-state index in [2.05, 4.69) is 20.0 Å². The molecule has 4 aromatic rings. The van der Waals surface area contributed by atoms with E-state index in [-0.39, 0.29) is 12.0 Å². The number of amides is 1. The van der Waals surface area contributed by atoms with Gasteiger partial charge in [0.05, 0.1) is 11.8 Å². The minimum absolute atomic E-state index is 0.123. The van der Waals surface area contributed by atoms with Crippen molar-refractivity contribution in [1.29, 1.82) is 0 Å². The van der Waals surface area contributed by atoms with Gasteiger partial charge in [0.15, 0.2) is 0 Å². The first-order chi connectivity index (χ1) is 15.3. The number of para-hydroxylation sites is 1. The van der Waals surface area contributed by atoms with E-state index in [0.29, 0.717) is 17.3 Å². The number of nitrogens with one attached hydrogen (secondary N) is 1. The molecule has 0 aliphatic rings. The summed E-state index contributed by atoms with van der Waals surface area (Å²) in [4.78, 5) is 20.7. The molecule has 0 unspecified atom stereocenters. The molecule has 0 bridgehead atoms. The van der Waals surface area contributed by atoms with Gasteiger partial charge in [0.2, 0.25) is 11.8 Å². The Morgan fingerprint density at radius 3 is 2.56 bits per heavy atom. The van der Waals surface area contributed by atoms with Crippen molar-refractivity contribution < 1.29 is 27.4 Å². The van der Waals surface area contributed by atoms with Crippen molar-refractivity contribution in [2.24, 2.45) is 7.05 Å². The van der Waals surface area contributed by atoms with Crippen LogP contribution in [0.3, 0.4) is 0 Å². The number of halogens is 3. The molecule has 10 heteroatoms. The molecular formula is C22H17F3N4O3. The normalized spacial score (nSPS) is 11.4. The van der Waals surface area contributed by atoms with Crippen LogP contribution in [0.4, 0.5) is 18.9 Å². The maximum Gasteiger partial charge on any atom is 0.573 e. The zero-order chi connectivity index (χ0) is 22.7. The number of anilines is 1. The van der Waals surface area contributed by atoms with Crippen molar-refractivity contribution in [1.82, 2.24) is 14.5 Å². The molecule has 2 aromatic heterocycles. The lowest BCUT2D eigenvalue weighted by Gasteiger charge is -2.13. The number of carbonyl (C=O) groups is 1. The Balaban J connectivity index is 1.41. The second-order valence-electron chi connectivity index (χ2n) is 6.85. The second kappa shape index (κ2) is 8.58. The Bertz CT molecular complexity index is 1250. The highest BCUT2D eigenvalue weighted by molar-refractivity contribution is 5.92. The van der Waals surface area contributed by atoms with Crippen molar-refractivity contribution >= 4 is 22.6 Å². The molecule has 164 valence electrons. The number of hydrogen-bond acceptors (Lipinski definition) is 5. The highest BCUT2D eigenvalue weighted by Gasteiger charge is 2.32. The molecule has 1 amide bonds. The van der Waals surface area contributed by atoms with Crippen molar-refractivity contribution in [3.05, 3.63) is 72.7 Å². The number of ether oxygens (including phenoxy) is 2. The second-order valence-corrected chi connectivity index (χ2v) is 6.85. The summed E-state index contributed by atoms with van der Waals surface area (Å²) in [5.41, 5.74) is 1.32. The molecular weight excluding hydrogens is 425 g/mol. The minimum atomic E-state index is -4.84. The monoisotopic (exact) mass is 442 g/mol. The van der Waals surface area contributed by atoms with Gasteiger partial charge in [0, 0.05) is 24.5 Å². The quantitative estimate of drug-likeness (QED) is 0.462. The van der Waals surface area contributed by atoms with Crippen LogP contribution in [0, 0.1) is 0 Å². The largest absolute Gasteiger partial charge is 0.573 e. The van der Waals surface area contributed by atoms with Crippen molar-refractivity contribution in [3.63, 3.8) is 0 Å². The Morgan fingerprint density at radius 2 is 1.81 bits per heavy atom. The third-order valence-electron chi connectivity index (χ3n) is 4.53. The van der Waals surface area contributed by atoms with Gasteiger partial charge in [-0.05, 0) is 36.4 Å². The molecule has 0 aliphatic heterocycles. The van der Waals surface area contributed by atoms with E-state index < -0.39 is 18.0 Å². The summed E-state index contributed by atoms with van der Waals surface area (Å²) in [6, 6.07) is 13.9. The van der Waals surface area contributed by atoms with Gasteiger partial charge in [-0.15, -0.1) is 13.2 Å². The summed E-state index contributed by atoms with van der Waals surface area (Å²) in [5.74, 6) is -0.000838. The highest BCUT2D eigenvalue weighted by atomic mass is 19.4. The van der Waals surface area contributed by atoms with E-state index >= 15 is 0 Å². The average molecular weight is 442 g/mol. The number of fused-ring (bicyclic) bond motifs is 1. The number of rotatable bonds is 6. The molecule has 7 nitrogen and oxygen atoms in total. The molecule has 0 fully saturated rings. The third-order valence-corrected chi connectivity index (χ3v) is 4.53. The molecule has 0 saturated carbocycles. The zero-order valence-corrected chi connectivity index (χ0v) is 16.8. The molecule has 4 rings (SSSR count). The summed E-state index contributed by atoms with van der Waals surface area (Å²) < 4.78 is 49.3. The molecule has 2 heterocycles. The first-order valence-electron chi connectivity index (χ1n) is 9.46. The summed E-state index contributed by atoms with van der Waals surface area (Å²) in [6.07, 6.45) is -1.86. The molecule has 0 saturated heterocycles. The fourth-order valence-corrected chi connectivity index (χ4v) is 3.11. The molecule has 0 atom stereocenters. The number of carbonyl (C=O) groups excluding carboxylic acids is 1. The topological polar surface area (TPSA) is 78.3 Å². The maximum absolute atomic E-state index is 12.5. The van der Waals surface area contributed by atoms with Crippen molar-refractivity contribution in [2.75, 3.05) is 5.32 Å².